The molecule has 7 heteroatoms. The summed E-state index contributed by atoms with van der Waals surface area (Å²) in [5.74, 6) is -0.188. The van der Waals surface area contributed by atoms with Gasteiger partial charge in [0.1, 0.15) is 12.3 Å². The lowest BCUT2D eigenvalue weighted by Gasteiger charge is -2.06. The number of hydrogen-bond acceptors (Lipinski definition) is 5. The molecule has 0 aliphatic carbocycles. The number of aryl methyl sites for hydroxylation is 1. The summed E-state index contributed by atoms with van der Waals surface area (Å²) in [5.41, 5.74) is 1.93. The standard InChI is InChI=1S/C24H22N2O4S/c1-3-29-23(28)14-26-20-11-8-16(2)12-21(20)31-24(26)25-22(27)15-30-19-10-9-17-6-4-5-7-18(17)13-19/h4-13H,3,14-15H2,1-2H3. The quantitative estimate of drug-likeness (QED) is 0.426. The van der Waals surface area contributed by atoms with Gasteiger partial charge in [-0.05, 0) is 54.4 Å². The van der Waals surface area contributed by atoms with E-state index >= 15 is 0 Å². The molecule has 0 bridgehead atoms. The van der Waals surface area contributed by atoms with Gasteiger partial charge in [0.15, 0.2) is 11.4 Å². The van der Waals surface area contributed by atoms with Crippen molar-refractivity contribution in [3.05, 3.63) is 71.0 Å². The van der Waals surface area contributed by atoms with Crippen LogP contribution in [0.25, 0.3) is 21.0 Å². The molecule has 0 saturated heterocycles. The van der Waals surface area contributed by atoms with Crippen LogP contribution >= 0.6 is 11.3 Å². The molecule has 0 unspecified atom stereocenters. The molecule has 0 atom stereocenters. The van der Waals surface area contributed by atoms with Gasteiger partial charge in [0.2, 0.25) is 0 Å². The second-order valence-corrected chi connectivity index (χ2v) is 8.06. The van der Waals surface area contributed by atoms with E-state index in [1.54, 1.807) is 11.5 Å². The van der Waals surface area contributed by atoms with Gasteiger partial charge in [-0.15, -0.1) is 0 Å². The van der Waals surface area contributed by atoms with Crippen LogP contribution in [-0.2, 0) is 20.9 Å². The van der Waals surface area contributed by atoms with E-state index in [1.807, 2.05) is 67.6 Å². The molecule has 3 aromatic carbocycles. The number of esters is 1. The molecular weight excluding hydrogens is 412 g/mol. The summed E-state index contributed by atoms with van der Waals surface area (Å²) >= 11 is 1.36. The second-order valence-electron chi connectivity index (χ2n) is 7.05. The summed E-state index contributed by atoms with van der Waals surface area (Å²) in [6.45, 7) is 3.86. The summed E-state index contributed by atoms with van der Waals surface area (Å²) in [6.07, 6.45) is 0. The van der Waals surface area contributed by atoms with Gasteiger partial charge in [-0.25, -0.2) is 0 Å². The predicted octanol–water partition coefficient (Wildman–Crippen LogP) is 4.23. The lowest BCUT2D eigenvalue weighted by molar-refractivity contribution is -0.143. The first-order chi connectivity index (χ1) is 15.0. The summed E-state index contributed by atoms with van der Waals surface area (Å²) < 4.78 is 13.4. The van der Waals surface area contributed by atoms with E-state index in [2.05, 4.69) is 4.99 Å². The van der Waals surface area contributed by atoms with E-state index in [0.717, 1.165) is 26.6 Å². The number of benzene rings is 3. The van der Waals surface area contributed by atoms with Crippen molar-refractivity contribution in [1.29, 1.82) is 0 Å². The molecule has 0 spiro atoms. The van der Waals surface area contributed by atoms with Crippen LogP contribution in [0.4, 0.5) is 0 Å². The van der Waals surface area contributed by atoms with Crippen molar-refractivity contribution >= 4 is 44.2 Å². The Balaban J connectivity index is 1.59. The minimum Gasteiger partial charge on any atom is -0.484 e. The number of hydrogen-bond donors (Lipinski definition) is 0. The first-order valence-electron chi connectivity index (χ1n) is 9.98. The topological polar surface area (TPSA) is 69.9 Å². The van der Waals surface area contributed by atoms with Crippen molar-refractivity contribution in [3.8, 4) is 5.75 Å². The largest absolute Gasteiger partial charge is 0.484 e. The van der Waals surface area contributed by atoms with Gasteiger partial charge in [0, 0.05) is 0 Å². The number of thiazole rings is 1. The third-order valence-electron chi connectivity index (χ3n) is 4.73. The highest BCUT2D eigenvalue weighted by Gasteiger charge is 2.13. The molecule has 0 aliphatic rings. The van der Waals surface area contributed by atoms with Crippen LogP contribution in [0.15, 0.2) is 65.7 Å². The van der Waals surface area contributed by atoms with E-state index in [0.29, 0.717) is 17.2 Å². The SMILES string of the molecule is CCOC(=O)Cn1c(=NC(=O)COc2ccc3ccccc3c2)sc2cc(C)ccc21. The lowest BCUT2D eigenvalue weighted by Crippen LogP contribution is -2.24. The van der Waals surface area contributed by atoms with E-state index in [1.165, 1.54) is 11.3 Å². The van der Waals surface area contributed by atoms with Crippen LogP contribution in [0.2, 0.25) is 0 Å². The van der Waals surface area contributed by atoms with Crippen molar-refractivity contribution < 1.29 is 19.1 Å². The normalized spacial score (nSPS) is 11.7. The maximum absolute atomic E-state index is 12.5. The van der Waals surface area contributed by atoms with Crippen molar-refractivity contribution in [3.63, 3.8) is 0 Å². The van der Waals surface area contributed by atoms with Crippen molar-refractivity contribution in [2.24, 2.45) is 4.99 Å². The zero-order valence-corrected chi connectivity index (χ0v) is 18.1. The molecule has 158 valence electrons. The Kier molecular flexibility index (Phi) is 6.13. The van der Waals surface area contributed by atoms with Crippen LogP contribution in [0.3, 0.4) is 0 Å². The Bertz CT molecular complexity index is 1340. The number of aromatic nitrogens is 1. The fraction of sp³-hybridized carbons (Fsp3) is 0.208. The highest BCUT2D eigenvalue weighted by Crippen LogP contribution is 2.21. The minimum atomic E-state index is -0.422. The second kappa shape index (κ2) is 9.14. The molecule has 31 heavy (non-hydrogen) atoms. The number of nitrogens with zero attached hydrogens (tertiary/aromatic N) is 2. The van der Waals surface area contributed by atoms with E-state index in [-0.39, 0.29) is 19.1 Å². The van der Waals surface area contributed by atoms with Gasteiger partial charge >= 0.3 is 5.97 Å². The summed E-state index contributed by atoms with van der Waals surface area (Å²) in [5, 5.41) is 2.14. The van der Waals surface area contributed by atoms with Crippen LogP contribution in [0, 0.1) is 6.92 Å². The molecular formula is C24H22N2O4S. The smallest absolute Gasteiger partial charge is 0.326 e. The first kappa shape index (κ1) is 20.8. The zero-order valence-electron chi connectivity index (χ0n) is 17.3. The molecule has 0 N–H and O–H groups in total. The van der Waals surface area contributed by atoms with E-state index < -0.39 is 5.91 Å². The van der Waals surface area contributed by atoms with Crippen molar-refractivity contribution in [1.82, 2.24) is 4.57 Å². The van der Waals surface area contributed by atoms with Gasteiger partial charge < -0.3 is 14.0 Å². The van der Waals surface area contributed by atoms with Gasteiger partial charge in [-0.2, -0.15) is 4.99 Å². The number of fused-ring (bicyclic) bond motifs is 2. The van der Waals surface area contributed by atoms with Crippen LogP contribution in [0.5, 0.6) is 5.75 Å². The molecule has 0 aliphatic heterocycles. The molecule has 4 rings (SSSR count). The summed E-state index contributed by atoms with van der Waals surface area (Å²) in [7, 11) is 0. The number of rotatable bonds is 6. The molecule has 4 aromatic rings. The van der Waals surface area contributed by atoms with E-state index in [9.17, 15) is 9.59 Å². The fourth-order valence-electron chi connectivity index (χ4n) is 3.30. The van der Waals surface area contributed by atoms with Gasteiger partial charge in [-0.1, -0.05) is 47.7 Å². The molecule has 6 nitrogen and oxygen atoms in total. The highest BCUT2D eigenvalue weighted by molar-refractivity contribution is 7.16. The Morgan fingerprint density at radius 2 is 1.84 bits per heavy atom. The van der Waals surface area contributed by atoms with E-state index in [4.69, 9.17) is 9.47 Å². The van der Waals surface area contributed by atoms with Crippen molar-refractivity contribution in [2.45, 2.75) is 20.4 Å². The predicted molar refractivity (Wildman–Crippen MR) is 121 cm³/mol. The van der Waals surface area contributed by atoms with Crippen molar-refractivity contribution in [2.75, 3.05) is 13.2 Å². The van der Waals surface area contributed by atoms with Gasteiger partial charge in [0.05, 0.1) is 16.8 Å². The Hall–Kier alpha value is -3.45. The Labute approximate surface area is 183 Å². The Morgan fingerprint density at radius 1 is 1.03 bits per heavy atom. The monoisotopic (exact) mass is 434 g/mol. The lowest BCUT2D eigenvalue weighted by atomic mass is 10.1. The third kappa shape index (κ3) is 4.83. The average Bonchev–Trinajstić information content (AvgIpc) is 3.08. The maximum Gasteiger partial charge on any atom is 0.326 e. The number of carbonyl (C=O) groups is 2. The molecule has 1 aromatic heterocycles. The van der Waals surface area contributed by atoms with Crippen LogP contribution in [0.1, 0.15) is 12.5 Å². The van der Waals surface area contributed by atoms with Gasteiger partial charge in [0.25, 0.3) is 5.91 Å². The highest BCUT2D eigenvalue weighted by atomic mass is 32.1. The first-order valence-corrected chi connectivity index (χ1v) is 10.8. The number of amides is 1. The van der Waals surface area contributed by atoms with Crippen LogP contribution < -0.4 is 9.54 Å². The molecule has 0 fully saturated rings. The minimum absolute atomic E-state index is 0.00541. The number of ether oxygens (including phenoxy) is 2. The Morgan fingerprint density at radius 3 is 2.65 bits per heavy atom. The molecule has 1 amide bonds. The molecule has 0 radical (unpaired) electrons. The number of carbonyl (C=O) groups excluding carboxylic acids is 2. The molecule has 0 saturated carbocycles. The summed E-state index contributed by atoms with van der Waals surface area (Å²) in [4.78, 5) is 29.3. The summed E-state index contributed by atoms with van der Waals surface area (Å²) in [6, 6.07) is 19.5. The molecule has 1 heterocycles. The van der Waals surface area contributed by atoms with Crippen LogP contribution in [-0.4, -0.2) is 29.7 Å². The third-order valence-corrected chi connectivity index (χ3v) is 5.78. The van der Waals surface area contributed by atoms with Gasteiger partial charge in [-0.3, -0.25) is 9.59 Å². The zero-order chi connectivity index (χ0) is 21.8. The fourth-order valence-corrected chi connectivity index (χ4v) is 4.44. The average molecular weight is 435 g/mol. The maximum atomic E-state index is 12.5.